The maximum absolute atomic E-state index is 12.2. The van der Waals surface area contributed by atoms with E-state index in [0.717, 1.165) is 11.3 Å². The van der Waals surface area contributed by atoms with Gasteiger partial charge in [-0.1, -0.05) is 35.5 Å². The van der Waals surface area contributed by atoms with Crippen LogP contribution in [0.4, 0.5) is 0 Å². The molecule has 7 heteroatoms. The Hall–Kier alpha value is -1.89. The number of amides is 1. The van der Waals surface area contributed by atoms with Gasteiger partial charge in [0.1, 0.15) is 5.69 Å². The van der Waals surface area contributed by atoms with Gasteiger partial charge in [-0.2, -0.15) is 0 Å². The fourth-order valence-corrected chi connectivity index (χ4v) is 2.45. The zero-order valence-electron chi connectivity index (χ0n) is 12.7. The number of aromatic nitrogens is 1. The average molecular weight is 338 g/mol. The summed E-state index contributed by atoms with van der Waals surface area (Å²) in [5.74, 6) is 0.427. The summed E-state index contributed by atoms with van der Waals surface area (Å²) in [5.41, 5.74) is 7.00. The lowest BCUT2D eigenvalue weighted by molar-refractivity contribution is -0.130. The highest BCUT2D eigenvalue weighted by molar-refractivity contribution is 5.86. The summed E-state index contributed by atoms with van der Waals surface area (Å²) in [6.45, 7) is 1.31. The summed E-state index contributed by atoms with van der Waals surface area (Å²) >= 11 is 0. The summed E-state index contributed by atoms with van der Waals surface area (Å²) in [7, 11) is 0. The molecule has 1 fully saturated rings. The fourth-order valence-electron chi connectivity index (χ4n) is 2.45. The Kier molecular flexibility index (Phi) is 5.76. The Balaban J connectivity index is 0.00000192. The first kappa shape index (κ1) is 17.5. The molecule has 2 aromatic rings. The molecule has 0 bridgehead atoms. The Morgan fingerprint density at radius 3 is 2.65 bits per heavy atom. The summed E-state index contributed by atoms with van der Waals surface area (Å²) in [4.78, 5) is 12.2. The molecule has 1 aromatic carbocycles. The third kappa shape index (κ3) is 4.10. The molecule has 0 unspecified atom stereocenters. The second kappa shape index (κ2) is 7.59. The van der Waals surface area contributed by atoms with E-state index in [4.69, 9.17) is 15.0 Å². The van der Waals surface area contributed by atoms with Gasteiger partial charge in [-0.25, -0.2) is 0 Å². The number of rotatable bonds is 4. The maximum Gasteiger partial charge on any atom is 0.240 e. The van der Waals surface area contributed by atoms with E-state index >= 15 is 0 Å². The smallest absolute Gasteiger partial charge is 0.240 e. The van der Waals surface area contributed by atoms with Gasteiger partial charge in [0, 0.05) is 24.8 Å². The minimum absolute atomic E-state index is 0. The molecule has 0 atom stereocenters. The van der Waals surface area contributed by atoms with Gasteiger partial charge in [-0.3, -0.25) is 4.79 Å². The van der Waals surface area contributed by atoms with E-state index in [1.54, 1.807) is 0 Å². The maximum atomic E-state index is 12.2. The molecule has 1 aromatic heterocycles. The van der Waals surface area contributed by atoms with Crippen molar-refractivity contribution in [3.8, 4) is 11.3 Å². The number of carbonyl (C=O) groups excluding carboxylic acids is 1. The predicted molar refractivity (Wildman–Crippen MR) is 88.0 cm³/mol. The van der Waals surface area contributed by atoms with E-state index in [0.29, 0.717) is 31.8 Å². The number of hydrogen-bond donors (Lipinski definition) is 2. The van der Waals surface area contributed by atoms with Crippen LogP contribution >= 0.6 is 12.4 Å². The van der Waals surface area contributed by atoms with Crippen molar-refractivity contribution < 1.29 is 14.1 Å². The molecule has 0 saturated carbocycles. The lowest BCUT2D eigenvalue weighted by atomic mass is 9.90. The van der Waals surface area contributed by atoms with Crippen molar-refractivity contribution in [2.24, 2.45) is 5.73 Å². The van der Waals surface area contributed by atoms with Crippen LogP contribution < -0.4 is 11.1 Å². The topological polar surface area (TPSA) is 90.4 Å². The Morgan fingerprint density at radius 1 is 1.26 bits per heavy atom. The molecular weight excluding hydrogens is 318 g/mol. The number of nitrogens with two attached hydrogens (primary N) is 1. The molecule has 1 aliphatic heterocycles. The summed E-state index contributed by atoms with van der Waals surface area (Å²) in [6, 6.07) is 11.6. The number of ether oxygens (including phenoxy) is 1. The molecule has 6 nitrogen and oxygen atoms in total. The van der Waals surface area contributed by atoms with Crippen molar-refractivity contribution in [2.75, 3.05) is 13.2 Å². The van der Waals surface area contributed by atoms with E-state index in [1.165, 1.54) is 0 Å². The van der Waals surface area contributed by atoms with Gasteiger partial charge in [0.15, 0.2) is 5.76 Å². The third-order valence-electron chi connectivity index (χ3n) is 3.89. The molecule has 1 amide bonds. The van der Waals surface area contributed by atoms with Gasteiger partial charge >= 0.3 is 0 Å². The van der Waals surface area contributed by atoms with Gasteiger partial charge in [-0.15, -0.1) is 12.4 Å². The van der Waals surface area contributed by atoms with E-state index in [2.05, 4.69) is 10.5 Å². The normalized spacial score (nSPS) is 16.4. The number of halogens is 1. The summed E-state index contributed by atoms with van der Waals surface area (Å²) < 4.78 is 10.5. The molecule has 2 heterocycles. The first-order valence-corrected chi connectivity index (χ1v) is 7.33. The van der Waals surface area contributed by atoms with Crippen molar-refractivity contribution in [1.29, 1.82) is 0 Å². The van der Waals surface area contributed by atoms with Gasteiger partial charge in [0.25, 0.3) is 0 Å². The minimum atomic E-state index is -0.847. The molecule has 124 valence electrons. The highest BCUT2D eigenvalue weighted by atomic mass is 35.5. The number of hydrogen-bond acceptors (Lipinski definition) is 5. The highest BCUT2D eigenvalue weighted by Gasteiger charge is 2.35. The Morgan fingerprint density at radius 2 is 1.96 bits per heavy atom. The molecule has 1 saturated heterocycles. The van der Waals surface area contributed by atoms with Crippen molar-refractivity contribution in [2.45, 2.75) is 24.9 Å². The van der Waals surface area contributed by atoms with Crippen LogP contribution in [0, 0.1) is 0 Å². The number of benzene rings is 1. The Labute approximate surface area is 140 Å². The van der Waals surface area contributed by atoms with E-state index in [1.807, 2.05) is 36.4 Å². The van der Waals surface area contributed by atoms with Gasteiger partial charge in [0.2, 0.25) is 5.91 Å². The average Bonchev–Trinajstić information content (AvgIpc) is 3.03. The van der Waals surface area contributed by atoms with Crippen LogP contribution in [0.2, 0.25) is 0 Å². The number of nitrogens with zero attached hydrogens (tertiary/aromatic N) is 1. The van der Waals surface area contributed by atoms with E-state index in [9.17, 15) is 4.79 Å². The molecule has 0 aliphatic carbocycles. The monoisotopic (exact) mass is 337 g/mol. The Bertz CT molecular complexity index is 639. The van der Waals surface area contributed by atoms with Crippen LogP contribution in [0.1, 0.15) is 18.6 Å². The van der Waals surface area contributed by atoms with Crippen molar-refractivity contribution in [3.05, 3.63) is 42.2 Å². The van der Waals surface area contributed by atoms with Gasteiger partial charge < -0.3 is 20.3 Å². The molecule has 3 N–H and O–H groups in total. The molecule has 0 radical (unpaired) electrons. The standard InChI is InChI=1S/C16H19N3O3.ClH/c17-16(6-8-21-9-7-16)15(20)18-11-13-10-14(19-22-13)12-4-2-1-3-5-12;/h1-5,10H,6-9,11,17H2,(H,18,20);1H. The van der Waals surface area contributed by atoms with Crippen LogP contribution in [0.15, 0.2) is 40.9 Å². The first-order valence-electron chi connectivity index (χ1n) is 7.33. The lowest BCUT2D eigenvalue weighted by Crippen LogP contribution is -2.56. The van der Waals surface area contributed by atoms with Crippen LogP contribution in [0.3, 0.4) is 0 Å². The largest absolute Gasteiger partial charge is 0.381 e. The van der Waals surface area contributed by atoms with E-state index < -0.39 is 5.54 Å². The first-order chi connectivity index (χ1) is 10.7. The van der Waals surface area contributed by atoms with Gasteiger partial charge in [-0.05, 0) is 12.8 Å². The fraction of sp³-hybridized carbons (Fsp3) is 0.375. The number of carbonyl (C=O) groups is 1. The molecule has 1 aliphatic rings. The second-order valence-corrected chi connectivity index (χ2v) is 5.50. The van der Waals surface area contributed by atoms with Crippen molar-refractivity contribution in [3.63, 3.8) is 0 Å². The lowest BCUT2D eigenvalue weighted by Gasteiger charge is -2.31. The van der Waals surface area contributed by atoms with Crippen LogP contribution in [-0.2, 0) is 16.1 Å². The van der Waals surface area contributed by atoms with Crippen molar-refractivity contribution in [1.82, 2.24) is 10.5 Å². The van der Waals surface area contributed by atoms with E-state index in [-0.39, 0.29) is 24.9 Å². The predicted octanol–water partition coefficient (Wildman–Crippen LogP) is 1.89. The van der Waals surface area contributed by atoms with Crippen LogP contribution in [-0.4, -0.2) is 29.8 Å². The van der Waals surface area contributed by atoms with Crippen LogP contribution in [0.25, 0.3) is 11.3 Å². The SMILES string of the molecule is Cl.NC1(C(=O)NCc2cc(-c3ccccc3)no2)CCOCC1. The molecule has 0 spiro atoms. The quantitative estimate of drug-likeness (QED) is 0.889. The highest BCUT2D eigenvalue weighted by Crippen LogP contribution is 2.20. The van der Waals surface area contributed by atoms with Gasteiger partial charge in [0.05, 0.1) is 12.1 Å². The van der Waals surface area contributed by atoms with Crippen LogP contribution in [0.5, 0.6) is 0 Å². The zero-order valence-corrected chi connectivity index (χ0v) is 13.5. The third-order valence-corrected chi connectivity index (χ3v) is 3.89. The molecular formula is C16H20ClN3O3. The molecule has 23 heavy (non-hydrogen) atoms. The summed E-state index contributed by atoms with van der Waals surface area (Å²) in [5, 5.41) is 6.84. The van der Waals surface area contributed by atoms with Crippen molar-refractivity contribution >= 4 is 18.3 Å². The summed E-state index contributed by atoms with van der Waals surface area (Å²) in [6.07, 6.45) is 1.06. The number of nitrogens with one attached hydrogen (secondary N) is 1. The second-order valence-electron chi connectivity index (χ2n) is 5.50. The zero-order chi connectivity index (χ0) is 15.4. The minimum Gasteiger partial charge on any atom is -0.381 e. The molecule has 3 rings (SSSR count).